The quantitative estimate of drug-likeness (QED) is 0.419. The van der Waals surface area contributed by atoms with Gasteiger partial charge in [-0.3, -0.25) is 24.7 Å². The molecule has 38 heavy (non-hydrogen) atoms. The molecule has 0 aliphatic carbocycles. The van der Waals surface area contributed by atoms with Gasteiger partial charge in [0.2, 0.25) is 11.8 Å². The Kier molecular flexibility index (Phi) is 7.03. The predicted octanol–water partition coefficient (Wildman–Crippen LogP) is 2.80. The minimum absolute atomic E-state index is 0.214. The van der Waals surface area contributed by atoms with Crippen LogP contribution in [0.15, 0.2) is 67.0 Å². The number of imide groups is 1. The number of rotatable bonds is 7. The number of anilines is 2. The number of carbonyl (C=O) groups excluding carboxylic acids is 4. The summed E-state index contributed by atoms with van der Waals surface area (Å²) in [6, 6.07) is 16.0. The van der Waals surface area contributed by atoms with Gasteiger partial charge in [0.15, 0.2) is 0 Å². The number of pyridine rings is 1. The van der Waals surface area contributed by atoms with Crippen LogP contribution in [-0.4, -0.2) is 46.7 Å². The lowest BCUT2D eigenvalue weighted by Crippen LogP contribution is -2.52. The molecule has 1 fully saturated rings. The molecule has 194 valence electrons. The maximum atomic E-state index is 12.8. The molecule has 3 heterocycles. The Morgan fingerprint density at radius 1 is 1.05 bits per heavy atom. The van der Waals surface area contributed by atoms with Gasteiger partial charge < -0.3 is 20.4 Å². The number of amides is 5. The average molecular weight is 513 g/mol. The molecule has 1 aromatic heterocycles. The smallest absolute Gasteiger partial charge is 0.319 e. The molecule has 0 spiro atoms. The summed E-state index contributed by atoms with van der Waals surface area (Å²) in [6.45, 7) is 1.29. The Hall–Kier alpha value is -4.73. The number of fused-ring (bicyclic) bond motifs is 1. The summed E-state index contributed by atoms with van der Waals surface area (Å²) in [7, 11) is 2.01. The first-order valence-corrected chi connectivity index (χ1v) is 12.4. The van der Waals surface area contributed by atoms with Crippen molar-refractivity contribution in [2.24, 2.45) is 0 Å². The van der Waals surface area contributed by atoms with E-state index in [1.54, 1.807) is 24.5 Å². The lowest BCUT2D eigenvalue weighted by atomic mass is 10.0. The van der Waals surface area contributed by atoms with E-state index >= 15 is 0 Å². The minimum Gasteiger partial charge on any atom is -0.370 e. The van der Waals surface area contributed by atoms with E-state index in [1.807, 2.05) is 49.5 Å². The summed E-state index contributed by atoms with van der Waals surface area (Å²) < 4.78 is 0. The number of aromatic nitrogens is 1. The van der Waals surface area contributed by atoms with Crippen molar-refractivity contribution in [3.05, 3.63) is 89.2 Å². The number of carbonyl (C=O) groups is 4. The maximum absolute atomic E-state index is 12.8. The van der Waals surface area contributed by atoms with Crippen LogP contribution in [0.1, 0.15) is 39.9 Å². The third-order valence-corrected chi connectivity index (χ3v) is 6.78. The van der Waals surface area contributed by atoms with E-state index in [1.165, 1.54) is 4.90 Å². The Labute approximate surface area is 220 Å². The lowest BCUT2D eigenvalue weighted by Gasteiger charge is -2.29. The van der Waals surface area contributed by atoms with Crippen molar-refractivity contribution in [1.29, 1.82) is 0 Å². The Morgan fingerprint density at radius 2 is 1.79 bits per heavy atom. The largest absolute Gasteiger partial charge is 0.370 e. The molecule has 10 heteroatoms. The summed E-state index contributed by atoms with van der Waals surface area (Å²) >= 11 is 0. The SMILES string of the molecule is CN(Cc1ccc(NC(=O)NCc2ccc3c(c2)CN(C2CCC(=O)NC2=O)C3=O)cc1)c1ccncc1. The Morgan fingerprint density at radius 3 is 2.53 bits per heavy atom. The van der Waals surface area contributed by atoms with Crippen molar-refractivity contribution < 1.29 is 19.2 Å². The number of piperidine rings is 1. The molecular weight excluding hydrogens is 484 g/mol. The van der Waals surface area contributed by atoms with Crippen LogP contribution in [0.5, 0.6) is 0 Å². The molecule has 3 aromatic rings. The normalized spacial score (nSPS) is 16.6. The van der Waals surface area contributed by atoms with Crippen molar-refractivity contribution in [1.82, 2.24) is 20.5 Å². The zero-order valence-electron chi connectivity index (χ0n) is 20.9. The van der Waals surface area contributed by atoms with Crippen LogP contribution in [-0.2, 0) is 29.2 Å². The van der Waals surface area contributed by atoms with E-state index < -0.39 is 11.9 Å². The highest BCUT2D eigenvalue weighted by Gasteiger charge is 2.39. The van der Waals surface area contributed by atoms with Crippen LogP contribution in [0.25, 0.3) is 0 Å². The highest BCUT2D eigenvalue weighted by atomic mass is 16.2. The Bertz CT molecular complexity index is 1380. The van der Waals surface area contributed by atoms with E-state index in [2.05, 4.69) is 25.8 Å². The molecule has 2 aliphatic rings. The molecule has 0 radical (unpaired) electrons. The summed E-state index contributed by atoms with van der Waals surface area (Å²) in [4.78, 5) is 56.6. The van der Waals surface area contributed by atoms with Crippen LogP contribution >= 0.6 is 0 Å². The number of urea groups is 1. The van der Waals surface area contributed by atoms with Crippen molar-refractivity contribution >= 4 is 35.1 Å². The topological polar surface area (TPSA) is 124 Å². The van der Waals surface area contributed by atoms with Crippen LogP contribution in [0.4, 0.5) is 16.2 Å². The van der Waals surface area contributed by atoms with Gasteiger partial charge in [-0.2, -0.15) is 0 Å². The van der Waals surface area contributed by atoms with Crippen LogP contribution in [0, 0.1) is 0 Å². The molecule has 10 nitrogen and oxygen atoms in total. The second-order valence-corrected chi connectivity index (χ2v) is 9.46. The fourth-order valence-electron chi connectivity index (χ4n) is 4.75. The number of nitrogens with zero attached hydrogens (tertiary/aromatic N) is 3. The molecule has 1 unspecified atom stereocenters. The monoisotopic (exact) mass is 512 g/mol. The van der Waals surface area contributed by atoms with Gasteiger partial charge in [0.1, 0.15) is 6.04 Å². The van der Waals surface area contributed by atoms with Gasteiger partial charge in [-0.1, -0.05) is 24.3 Å². The number of hydrogen-bond donors (Lipinski definition) is 3. The van der Waals surface area contributed by atoms with E-state index in [0.717, 1.165) is 28.9 Å². The molecule has 0 saturated carbocycles. The molecular formula is C28H28N6O4. The van der Waals surface area contributed by atoms with Crippen LogP contribution in [0.2, 0.25) is 0 Å². The van der Waals surface area contributed by atoms with Gasteiger partial charge in [0.05, 0.1) is 0 Å². The van der Waals surface area contributed by atoms with Crippen molar-refractivity contribution in [2.75, 3.05) is 17.3 Å². The van der Waals surface area contributed by atoms with E-state index in [4.69, 9.17) is 0 Å². The second-order valence-electron chi connectivity index (χ2n) is 9.46. The third kappa shape index (κ3) is 5.49. The molecule has 5 amide bonds. The first-order chi connectivity index (χ1) is 18.4. The van der Waals surface area contributed by atoms with Crippen molar-refractivity contribution in [2.45, 2.75) is 38.5 Å². The summed E-state index contributed by atoms with van der Waals surface area (Å²) in [6.07, 6.45) is 4.05. The fourth-order valence-corrected chi connectivity index (χ4v) is 4.75. The highest BCUT2D eigenvalue weighted by Crippen LogP contribution is 2.28. The van der Waals surface area contributed by atoms with E-state index in [0.29, 0.717) is 24.2 Å². The zero-order valence-corrected chi connectivity index (χ0v) is 20.9. The van der Waals surface area contributed by atoms with Crippen LogP contribution < -0.4 is 20.9 Å². The summed E-state index contributed by atoms with van der Waals surface area (Å²) in [5.41, 5.74) is 5.03. The molecule has 5 rings (SSSR count). The number of nitrogens with one attached hydrogen (secondary N) is 3. The fraction of sp³-hybridized carbons (Fsp3) is 0.250. The molecule has 3 N–H and O–H groups in total. The minimum atomic E-state index is -0.651. The van der Waals surface area contributed by atoms with Gasteiger partial charge >= 0.3 is 6.03 Å². The van der Waals surface area contributed by atoms with Gasteiger partial charge in [0.25, 0.3) is 5.91 Å². The maximum Gasteiger partial charge on any atom is 0.319 e. The lowest BCUT2D eigenvalue weighted by molar-refractivity contribution is -0.136. The molecule has 1 atom stereocenters. The summed E-state index contributed by atoms with van der Waals surface area (Å²) in [5, 5.41) is 7.98. The molecule has 0 bridgehead atoms. The van der Waals surface area contributed by atoms with Crippen molar-refractivity contribution in [3.8, 4) is 0 Å². The molecule has 2 aliphatic heterocycles. The predicted molar refractivity (Wildman–Crippen MR) is 141 cm³/mol. The third-order valence-electron chi connectivity index (χ3n) is 6.78. The first kappa shape index (κ1) is 24.9. The van der Waals surface area contributed by atoms with E-state index in [9.17, 15) is 19.2 Å². The van der Waals surface area contributed by atoms with Crippen molar-refractivity contribution in [3.63, 3.8) is 0 Å². The zero-order chi connectivity index (χ0) is 26.6. The number of benzene rings is 2. The van der Waals surface area contributed by atoms with Gasteiger partial charge in [-0.25, -0.2) is 4.79 Å². The molecule has 2 aromatic carbocycles. The highest BCUT2D eigenvalue weighted by molar-refractivity contribution is 6.05. The van der Waals surface area contributed by atoms with Gasteiger partial charge in [-0.15, -0.1) is 0 Å². The van der Waals surface area contributed by atoms with Gasteiger partial charge in [-0.05, 0) is 53.4 Å². The summed E-state index contributed by atoms with van der Waals surface area (Å²) in [5.74, 6) is -0.969. The Balaban J connectivity index is 1.13. The van der Waals surface area contributed by atoms with Crippen LogP contribution in [0.3, 0.4) is 0 Å². The standard InChI is InChI=1S/C28H28N6O4/c1-33(22-10-12-29-13-11-22)16-18-2-5-21(6-3-18)31-28(38)30-15-19-4-7-23-20(14-19)17-34(27(23)37)24-8-9-25(35)32-26(24)36/h2-7,10-14,24H,8-9,15-17H2,1H3,(H2,30,31,38)(H,32,35,36). The van der Waals surface area contributed by atoms with Gasteiger partial charge in [0, 0.05) is 62.4 Å². The second kappa shape index (κ2) is 10.7. The average Bonchev–Trinajstić information content (AvgIpc) is 3.24. The molecule has 1 saturated heterocycles. The number of hydrogen-bond acceptors (Lipinski definition) is 6. The van der Waals surface area contributed by atoms with E-state index in [-0.39, 0.29) is 30.8 Å². The first-order valence-electron chi connectivity index (χ1n) is 12.4.